The number of hydrogen-bond acceptors (Lipinski definition) is 5. The number of anilines is 2. The van der Waals surface area contributed by atoms with Crippen molar-refractivity contribution >= 4 is 17.0 Å². The second-order valence-electron chi connectivity index (χ2n) is 4.54. The van der Waals surface area contributed by atoms with E-state index in [4.69, 9.17) is 5.26 Å². The molecule has 0 spiro atoms. The van der Waals surface area contributed by atoms with Gasteiger partial charge in [-0.05, 0) is 29.8 Å². The Kier molecular flexibility index (Phi) is 3.39. The van der Waals surface area contributed by atoms with E-state index in [1.54, 1.807) is 10.6 Å². The Hall–Kier alpha value is -3.07. The van der Waals surface area contributed by atoms with Gasteiger partial charge in [-0.2, -0.15) is 10.4 Å². The predicted octanol–water partition coefficient (Wildman–Crippen LogP) is 2.25. The van der Waals surface area contributed by atoms with Gasteiger partial charge in [0.05, 0.1) is 0 Å². The van der Waals surface area contributed by atoms with Crippen LogP contribution in [0.4, 0.5) is 11.5 Å². The van der Waals surface area contributed by atoms with Crippen molar-refractivity contribution in [3.63, 3.8) is 0 Å². The second kappa shape index (κ2) is 5.51. The lowest BCUT2D eigenvalue weighted by molar-refractivity contribution is 0.887. The number of rotatable bonds is 4. The third-order valence-electron chi connectivity index (χ3n) is 3.27. The molecule has 0 aliphatic heterocycles. The van der Waals surface area contributed by atoms with Crippen LogP contribution in [0.25, 0.3) is 5.52 Å². The Labute approximate surface area is 122 Å². The summed E-state index contributed by atoms with van der Waals surface area (Å²) in [4.78, 5) is 4.24. The summed E-state index contributed by atoms with van der Waals surface area (Å²) >= 11 is 0. The summed E-state index contributed by atoms with van der Waals surface area (Å²) in [5, 5.41) is 19.5. The highest BCUT2D eigenvalue weighted by Gasteiger charge is 2.07. The van der Waals surface area contributed by atoms with Crippen molar-refractivity contribution < 1.29 is 0 Å². The predicted molar refractivity (Wildman–Crippen MR) is 81.0 cm³/mol. The summed E-state index contributed by atoms with van der Waals surface area (Å²) in [5.74, 6) is 0.712. The Morgan fingerprint density at radius 3 is 2.71 bits per heavy atom. The molecule has 0 saturated carbocycles. The summed E-state index contributed by atoms with van der Waals surface area (Å²) in [5.41, 5.74) is 3.51. The molecule has 0 aliphatic rings. The van der Waals surface area contributed by atoms with Gasteiger partial charge < -0.3 is 10.6 Å². The van der Waals surface area contributed by atoms with Gasteiger partial charge >= 0.3 is 0 Å². The van der Waals surface area contributed by atoms with Crippen LogP contribution in [0.15, 0.2) is 42.7 Å². The zero-order valence-electron chi connectivity index (χ0n) is 11.5. The molecule has 3 rings (SSSR count). The van der Waals surface area contributed by atoms with Crippen LogP contribution in [0.1, 0.15) is 11.3 Å². The lowest BCUT2D eigenvalue weighted by Gasteiger charge is -2.08. The van der Waals surface area contributed by atoms with Crippen molar-refractivity contribution in [1.82, 2.24) is 14.6 Å². The van der Waals surface area contributed by atoms with Crippen molar-refractivity contribution in [2.75, 3.05) is 17.7 Å². The first-order valence-electron chi connectivity index (χ1n) is 6.55. The minimum absolute atomic E-state index is 0.494. The largest absolute Gasteiger partial charge is 0.388 e. The molecule has 6 heteroatoms. The molecular weight excluding hydrogens is 264 g/mol. The SMILES string of the molecule is CNc1ccc(CNc2ncnn3c(C#N)ccc23)cc1. The Morgan fingerprint density at radius 1 is 1.19 bits per heavy atom. The van der Waals surface area contributed by atoms with E-state index >= 15 is 0 Å². The molecular formula is C15H14N6. The van der Waals surface area contributed by atoms with Crippen molar-refractivity contribution in [2.24, 2.45) is 0 Å². The quantitative estimate of drug-likeness (QED) is 0.765. The van der Waals surface area contributed by atoms with Gasteiger partial charge in [0, 0.05) is 19.3 Å². The summed E-state index contributed by atoms with van der Waals surface area (Å²) in [7, 11) is 1.89. The van der Waals surface area contributed by atoms with E-state index in [9.17, 15) is 0 Å². The van der Waals surface area contributed by atoms with E-state index in [-0.39, 0.29) is 0 Å². The standard InChI is InChI=1S/C15H14N6/c1-17-12-4-2-11(3-5-12)9-18-15-14-7-6-13(8-16)21(14)20-10-19-15/h2-7,10,17H,9H2,1H3,(H,18,19,20). The lowest BCUT2D eigenvalue weighted by atomic mass is 10.2. The van der Waals surface area contributed by atoms with Crippen LogP contribution >= 0.6 is 0 Å². The van der Waals surface area contributed by atoms with E-state index in [0.717, 1.165) is 16.8 Å². The van der Waals surface area contributed by atoms with Crippen molar-refractivity contribution in [3.8, 4) is 6.07 Å². The highest BCUT2D eigenvalue weighted by atomic mass is 15.3. The van der Waals surface area contributed by atoms with Crippen LogP contribution in [0, 0.1) is 11.3 Å². The van der Waals surface area contributed by atoms with E-state index in [1.165, 1.54) is 6.33 Å². The van der Waals surface area contributed by atoms with E-state index in [1.807, 2.05) is 25.2 Å². The monoisotopic (exact) mass is 278 g/mol. The minimum atomic E-state index is 0.494. The van der Waals surface area contributed by atoms with Crippen LogP contribution in [-0.2, 0) is 6.54 Å². The highest BCUT2D eigenvalue weighted by molar-refractivity contribution is 5.68. The first kappa shape index (κ1) is 12.9. The first-order valence-corrected chi connectivity index (χ1v) is 6.55. The molecule has 0 radical (unpaired) electrons. The third kappa shape index (κ3) is 2.49. The van der Waals surface area contributed by atoms with Gasteiger partial charge in [-0.25, -0.2) is 9.50 Å². The smallest absolute Gasteiger partial charge is 0.154 e. The molecule has 6 nitrogen and oxygen atoms in total. The average Bonchev–Trinajstić information content (AvgIpc) is 2.97. The molecule has 2 aromatic heterocycles. The molecule has 3 aromatic rings. The molecule has 0 fully saturated rings. The van der Waals surface area contributed by atoms with Gasteiger partial charge in [-0.3, -0.25) is 0 Å². The van der Waals surface area contributed by atoms with Gasteiger partial charge in [-0.15, -0.1) is 0 Å². The topological polar surface area (TPSA) is 78.0 Å². The Bertz CT molecular complexity index is 797. The normalized spacial score (nSPS) is 10.3. The molecule has 0 aliphatic carbocycles. The molecule has 0 bridgehead atoms. The number of benzene rings is 1. The summed E-state index contributed by atoms with van der Waals surface area (Å²) in [6.45, 7) is 0.656. The van der Waals surface area contributed by atoms with E-state index in [2.05, 4.69) is 38.9 Å². The number of nitriles is 1. The molecule has 0 saturated heterocycles. The van der Waals surface area contributed by atoms with Crippen LogP contribution in [0.3, 0.4) is 0 Å². The van der Waals surface area contributed by atoms with Crippen molar-refractivity contribution in [2.45, 2.75) is 6.54 Å². The van der Waals surface area contributed by atoms with Gasteiger partial charge in [0.1, 0.15) is 23.6 Å². The maximum Gasteiger partial charge on any atom is 0.154 e. The Balaban J connectivity index is 1.81. The zero-order valence-corrected chi connectivity index (χ0v) is 11.5. The fourth-order valence-electron chi connectivity index (χ4n) is 2.13. The molecule has 104 valence electrons. The van der Waals surface area contributed by atoms with Crippen LogP contribution in [0.2, 0.25) is 0 Å². The number of nitrogens with zero attached hydrogens (tertiary/aromatic N) is 4. The van der Waals surface area contributed by atoms with Crippen LogP contribution < -0.4 is 10.6 Å². The third-order valence-corrected chi connectivity index (χ3v) is 3.27. The highest BCUT2D eigenvalue weighted by Crippen LogP contribution is 2.17. The number of aromatic nitrogens is 3. The van der Waals surface area contributed by atoms with Crippen molar-refractivity contribution in [1.29, 1.82) is 5.26 Å². The fraction of sp³-hybridized carbons (Fsp3) is 0.133. The second-order valence-corrected chi connectivity index (χ2v) is 4.54. The van der Waals surface area contributed by atoms with Crippen LogP contribution in [-0.4, -0.2) is 21.6 Å². The maximum atomic E-state index is 9.02. The molecule has 21 heavy (non-hydrogen) atoms. The Morgan fingerprint density at radius 2 is 2.00 bits per heavy atom. The van der Waals surface area contributed by atoms with E-state index < -0.39 is 0 Å². The minimum Gasteiger partial charge on any atom is -0.388 e. The van der Waals surface area contributed by atoms with Gasteiger partial charge in [0.2, 0.25) is 0 Å². The fourth-order valence-corrected chi connectivity index (χ4v) is 2.13. The zero-order chi connectivity index (χ0) is 14.7. The average molecular weight is 278 g/mol. The molecule has 0 atom stereocenters. The maximum absolute atomic E-state index is 9.02. The van der Waals surface area contributed by atoms with Gasteiger partial charge in [-0.1, -0.05) is 12.1 Å². The number of nitrogens with one attached hydrogen (secondary N) is 2. The molecule has 1 aromatic carbocycles. The molecule has 2 N–H and O–H groups in total. The van der Waals surface area contributed by atoms with E-state index in [0.29, 0.717) is 18.1 Å². The summed E-state index contributed by atoms with van der Waals surface area (Å²) < 4.78 is 1.58. The number of fused-ring (bicyclic) bond motifs is 1. The number of hydrogen-bond donors (Lipinski definition) is 2. The van der Waals surface area contributed by atoms with Crippen molar-refractivity contribution in [3.05, 3.63) is 54.0 Å². The van der Waals surface area contributed by atoms with Crippen LogP contribution in [0.5, 0.6) is 0 Å². The van der Waals surface area contributed by atoms with Gasteiger partial charge in [0.25, 0.3) is 0 Å². The summed E-state index contributed by atoms with van der Waals surface area (Å²) in [6, 6.07) is 13.8. The molecule has 2 heterocycles. The lowest BCUT2D eigenvalue weighted by Crippen LogP contribution is -2.05. The molecule has 0 unspecified atom stereocenters. The summed E-state index contributed by atoms with van der Waals surface area (Å²) in [6.07, 6.45) is 1.44. The first-order chi connectivity index (χ1) is 10.3. The molecule has 0 amide bonds. The van der Waals surface area contributed by atoms with Gasteiger partial charge in [0.15, 0.2) is 5.82 Å².